The molecule has 0 atom stereocenters. The summed E-state index contributed by atoms with van der Waals surface area (Å²) >= 11 is 1.68. The van der Waals surface area contributed by atoms with Gasteiger partial charge < -0.3 is 15.0 Å². The highest BCUT2D eigenvalue weighted by Gasteiger charge is 2.43. The molecular weight excluding hydrogens is 288 g/mol. The number of anilines is 1. The fourth-order valence-electron chi connectivity index (χ4n) is 3.08. The molecule has 2 aliphatic rings. The van der Waals surface area contributed by atoms with E-state index in [0.717, 1.165) is 47.8 Å². The monoisotopic (exact) mass is 304 g/mol. The summed E-state index contributed by atoms with van der Waals surface area (Å²) in [4.78, 5) is 22.7. The van der Waals surface area contributed by atoms with Crippen LogP contribution in [0.5, 0.6) is 0 Å². The lowest BCUT2D eigenvalue weighted by molar-refractivity contribution is 0.0366. The number of hydrogen-bond acceptors (Lipinski definition) is 6. The van der Waals surface area contributed by atoms with Gasteiger partial charge in [0, 0.05) is 25.9 Å². The zero-order chi connectivity index (χ0) is 14.4. The molecule has 0 bridgehead atoms. The van der Waals surface area contributed by atoms with Crippen molar-refractivity contribution < 1.29 is 9.53 Å². The lowest BCUT2D eigenvalue weighted by atomic mass is 9.92. The Kier molecular flexibility index (Phi) is 2.78. The van der Waals surface area contributed by atoms with E-state index in [1.807, 2.05) is 13.0 Å². The minimum Gasteiger partial charge on any atom is -0.441 e. The molecule has 2 aromatic heterocycles. The fraction of sp³-hybridized carbons (Fsp3) is 0.500. The average molecular weight is 304 g/mol. The Morgan fingerprint density at radius 3 is 2.90 bits per heavy atom. The maximum absolute atomic E-state index is 11.3. The van der Waals surface area contributed by atoms with Crippen molar-refractivity contribution in [2.45, 2.75) is 25.4 Å². The Bertz CT molecular complexity index is 706. The van der Waals surface area contributed by atoms with E-state index in [4.69, 9.17) is 4.74 Å². The predicted octanol–water partition coefficient (Wildman–Crippen LogP) is 2.08. The van der Waals surface area contributed by atoms with Crippen LogP contribution in [0.2, 0.25) is 0 Å². The predicted molar refractivity (Wildman–Crippen MR) is 80.8 cm³/mol. The number of amides is 1. The van der Waals surface area contributed by atoms with E-state index in [0.29, 0.717) is 6.54 Å². The van der Waals surface area contributed by atoms with Crippen LogP contribution in [0.3, 0.4) is 0 Å². The fourth-order valence-corrected chi connectivity index (χ4v) is 3.93. The number of alkyl carbamates (subject to hydrolysis) is 1. The molecule has 0 radical (unpaired) electrons. The number of carbonyl (C=O) groups is 1. The molecular formula is C14H16N4O2S. The first-order chi connectivity index (χ1) is 10.2. The molecule has 21 heavy (non-hydrogen) atoms. The number of rotatable bonds is 1. The second-order valence-electron chi connectivity index (χ2n) is 5.64. The molecule has 2 fully saturated rings. The van der Waals surface area contributed by atoms with Crippen molar-refractivity contribution in [2.24, 2.45) is 0 Å². The van der Waals surface area contributed by atoms with Gasteiger partial charge >= 0.3 is 6.09 Å². The Morgan fingerprint density at radius 2 is 2.19 bits per heavy atom. The van der Waals surface area contributed by atoms with Crippen molar-refractivity contribution in [3.63, 3.8) is 0 Å². The van der Waals surface area contributed by atoms with Gasteiger partial charge in [-0.3, -0.25) is 0 Å². The zero-order valence-electron chi connectivity index (χ0n) is 11.8. The van der Waals surface area contributed by atoms with Crippen molar-refractivity contribution in [1.82, 2.24) is 15.3 Å². The summed E-state index contributed by atoms with van der Waals surface area (Å²) < 4.78 is 6.60. The van der Waals surface area contributed by atoms with Crippen molar-refractivity contribution in [3.8, 4) is 0 Å². The summed E-state index contributed by atoms with van der Waals surface area (Å²) in [5.41, 5.74) is 0.696. The number of nitrogens with one attached hydrogen (secondary N) is 1. The Balaban J connectivity index is 1.60. The SMILES string of the molecule is Cc1nc(N2CCC3(CC2)CNC(=O)O3)c2sccc2n1. The van der Waals surface area contributed by atoms with Crippen molar-refractivity contribution >= 4 is 33.5 Å². The van der Waals surface area contributed by atoms with Gasteiger partial charge in [-0.05, 0) is 18.4 Å². The van der Waals surface area contributed by atoms with Gasteiger partial charge in [-0.15, -0.1) is 11.3 Å². The van der Waals surface area contributed by atoms with Crippen LogP contribution in [0.15, 0.2) is 11.4 Å². The maximum atomic E-state index is 11.3. The van der Waals surface area contributed by atoms with E-state index < -0.39 is 0 Å². The van der Waals surface area contributed by atoms with Crippen LogP contribution in [0.25, 0.3) is 10.2 Å². The van der Waals surface area contributed by atoms with Gasteiger partial charge in [0.2, 0.25) is 0 Å². The highest BCUT2D eigenvalue weighted by molar-refractivity contribution is 7.17. The summed E-state index contributed by atoms with van der Waals surface area (Å²) in [6.07, 6.45) is 1.38. The smallest absolute Gasteiger partial charge is 0.407 e. The molecule has 110 valence electrons. The van der Waals surface area contributed by atoms with E-state index in [9.17, 15) is 4.79 Å². The van der Waals surface area contributed by atoms with Crippen molar-refractivity contribution in [2.75, 3.05) is 24.5 Å². The molecule has 1 amide bonds. The topological polar surface area (TPSA) is 67.4 Å². The number of nitrogens with zero attached hydrogens (tertiary/aromatic N) is 3. The van der Waals surface area contributed by atoms with E-state index in [1.165, 1.54) is 0 Å². The van der Waals surface area contributed by atoms with E-state index >= 15 is 0 Å². The highest BCUT2D eigenvalue weighted by atomic mass is 32.1. The first-order valence-corrected chi connectivity index (χ1v) is 7.97. The third-order valence-corrected chi connectivity index (χ3v) is 5.14. The summed E-state index contributed by atoms with van der Waals surface area (Å²) in [7, 11) is 0. The van der Waals surface area contributed by atoms with Gasteiger partial charge in [0.1, 0.15) is 17.2 Å². The molecule has 0 aromatic carbocycles. The zero-order valence-corrected chi connectivity index (χ0v) is 12.6. The largest absolute Gasteiger partial charge is 0.441 e. The number of piperidine rings is 1. The van der Waals surface area contributed by atoms with Crippen LogP contribution in [0.4, 0.5) is 10.6 Å². The number of carbonyl (C=O) groups excluding carboxylic acids is 1. The number of aryl methyl sites for hydroxylation is 1. The summed E-state index contributed by atoms with van der Waals surface area (Å²) in [6, 6.07) is 2.03. The minimum absolute atomic E-state index is 0.290. The van der Waals surface area contributed by atoms with Gasteiger partial charge in [0.15, 0.2) is 0 Å². The van der Waals surface area contributed by atoms with E-state index in [2.05, 4.69) is 25.6 Å². The highest BCUT2D eigenvalue weighted by Crippen LogP contribution is 2.34. The number of aromatic nitrogens is 2. The van der Waals surface area contributed by atoms with Crippen LogP contribution in [0, 0.1) is 6.92 Å². The van der Waals surface area contributed by atoms with Gasteiger partial charge in [-0.25, -0.2) is 14.8 Å². The van der Waals surface area contributed by atoms with Crippen LogP contribution < -0.4 is 10.2 Å². The van der Waals surface area contributed by atoms with Crippen LogP contribution in [0.1, 0.15) is 18.7 Å². The molecule has 0 unspecified atom stereocenters. The van der Waals surface area contributed by atoms with Crippen LogP contribution in [-0.4, -0.2) is 41.3 Å². The molecule has 1 spiro atoms. The minimum atomic E-state index is -0.315. The first kappa shape index (κ1) is 12.8. The number of fused-ring (bicyclic) bond motifs is 1. The summed E-state index contributed by atoms with van der Waals surface area (Å²) in [6.45, 7) is 4.24. The molecule has 6 nitrogen and oxygen atoms in total. The Morgan fingerprint density at radius 1 is 1.38 bits per heavy atom. The maximum Gasteiger partial charge on any atom is 0.407 e. The number of hydrogen-bond donors (Lipinski definition) is 1. The summed E-state index contributed by atoms with van der Waals surface area (Å²) in [5.74, 6) is 1.81. The molecule has 1 N–H and O–H groups in total. The van der Waals surface area contributed by atoms with Gasteiger partial charge in [0.25, 0.3) is 0 Å². The molecule has 2 saturated heterocycles. The first-order valence-electron chi connectivity index (χ1n) is 7.09. The van der Waals surface area contributed by atoms with Crippen molar-refractivity contribution in [1.29, 1.82) is 0 Å². The van der Waals surface area contributed by atoms with Gasteiger partial charge in [-0.1, -0.05) is 0 Å². The van der Waals surface area contributed by atoms with Gasteiger partial charge in [0.05, 0.1) is 16.8 Å². The second-order valence-corrected chi connectivity index (χ2v) is 6.56. The lowest BCUT2D eigenvalue weighted by Crippen LogP contribution is -2.47. The van der Waals surface area contributed by atoms with Gasteiger partial charge in [-0.2, -0.15) is 0 Å². The normalized spacial score (nSPS) is 20.8. The molecule has 2 aliphatic heterocycles. The quantitative estimate of drug-likeness (QED) is 0.873. The second kappa shape index (κ2) is 4.56. The number of thiophene rings is 1. The average Bonchev–Trinajstić information content (AvgIpc) is 3.06. The molecule has 4 heterocycles. The third kappa shape index (κ3) is 2.12. The summed E-state index contributed by atoms with van der Waals surface area (Å²) in [5, 5.41) is 4.82. The van der Waals surface area contributed by atoms with Crippen molar-refractivity contribution in [3.05, 3.63) is 17.3 Å². The lowest BCUT2D eigenvalue weighted by Gasteiger charge is -2.37. The van der Waals surface area contributed by atoms with Crippen LogP contribution >= 0.6 is 11.3 Å². The third-order valence-electron chi connectivity index (χ3n) is 4.24. The van der Waals surface area contributed by atoms with E-state index in [1.54, 1.807) is 11.3 Å². The standard InChI is InChI=1S/C14H16N4O2S/c1-9-16-10-2-7-21-11(10)12(17-9)18-5-3-14(4-6-18)8-15-13(19)20-14/h2,7H,3-6,8H2,1H3,(H,15,19). The molecule has 0 saturated carbocycles. The molecule has 0 aliphatic carbocycles. The molecule has 4 rings (SSSR count). The number of ether oxygens (including phenoxy) is 1. The molecule has 7 heteroatoms. The Labute approximate surface area is 126 Å². The van der Waals surface area contributed by atoms with E-state index in [-0.39, 0.29) is 11.7 Å². The van der Waals surface area contributed by atoms with Crippen LogP contribution in [-0.2, 0) is 4.74 Å². The Hall–Kier alpha value is -1.89. The molecule has 2 aromatic rings.